The predicted octanol–water partition coefficient (Wildman–Crippen LogP) is 6.83. The molecule has 0 aliphatic rings. The van der Waals surface area contributed by atoms with E-state index in [4.69, 9.17) is 18.3 Å². The molecule has 0 spiro atoms. The highest BCUT2D eigenvalue weighted by Gasteiger charge is 2.40. The molecule has 1 aromatic carbocycles. The number of hydrogen-bond acceptors (Lipinski definition) is 5. The van der Waals surface area contributed by atoms with Gasteiger partial charge in [0.2, 0.25) is 0 Å². The van der Waals surface area contributed by atoms with E-state index in [1.54, 1.807) is 14.0 Å². The van der Waals surface area contributed by atoms with Gasteiger partial charge in [-0.1, -0.05) is 39.8 Å². The monoisotopic (exact) mass is 496 g/mol. The first-order valence-electron chi connectivity index (χ1n) is 12.5. The number of carbonyl (C=O) groups is 1. The molecule has 0 aliphatic carbocycles. The van der Waals surface area contributed by atoms with Crippen LogP contribution in [0, 0.1) is 5.92 Å². The molecule has 7 heteroatoms. The van der Waals surface area contributed by atoms with Crippen LogP contribution in [0.15, 0.2) is 24.3 Å². The lowest BCUT2D eigenvalue weighted by atomic mass is 9.92. The van der Waals surface area contributed by atoms with Crippen LogP contribution in [0.5, 0.6) is 5.75 Å². The van der Waals surface area contributed by atoms with Crippen LogP contribution >= 0.6 is 0 Å². The highest BCUT2D eigenvalue weighted by atomic mass is 28.4. The molecular weight excluding hydrogens is 448 g/mol. The summed E-state index contributed by atoms with van der Waals surface area (Å²) in [6, 6.07) is 10.9. The number of methoxy groups -OCH3 is 1. The van der Waals surface area contributed by atoms with Gasteiger partial charge in [0.25, 0.3) is 0 Å². The van der Waals surface area contributed by atoms with E-state index in [0.29, 0.717) is 6.61 Å². The first-order chi connectivity index (χ1) is 15.4. The number of ketones is 1. The number of benzene rings is 1. The van der Waals surface area contributed by atoms with Gasteiger partial charge in [-0.25, -0.2) is 0 Å². The van der Waals surface area contributed by atoms with Gasteiger partial charge in [-0.3, -0.25) is 4.79 Å². The van der Waals surface area contributed by atoms with Crippen molar-refractivity contribution in [2.45, 2.75) is 111 Å². The van der Waals surface area contributed by atoms with Gasteiger partial charge in [0.1, 0.15) is 11.9 Å². The lowest BCUT2D eigenvalue weighted by molar-refractivity contribution is -0.140. The summed E-state index contributed by atoms with van der Waals surface area (Å²) in [7, 11) is -1.95. The van der Waals surface area contributed by atoms with E-state index in [1.807, 2.05) is 24.3 Å². The van der Waals surface area contributed by atoms with Crippen LogP contribution in [0.2, 0.25) is 37.8 Å². The molecule has 0 fully saturated rings. The van der Waals surface area contributed by atoms with Crippen LogP contribution < -0.4 is 4.74 Å². The SMILES string of the molecule is CC[Si](CC)(CC)O[C@@H]([C@H](C)C[C@H](C)O[Si](C)(C)C)[C@@H](OCc1ccc(OC)cc1)C(C)=O. The average Bonchev–Trinajstić information content (AvgIpc) is 2.75. The van der Waals surface area contributed by atoms with Gasteiger partial charge in [0.05, 0.1) is 19.8 Å². The van der Waals surface area contributed by atoms with Crippen LogP contribution in [0.4, 0.5) is 0 Å². The minimum absolute atomic E-state index is 0.0188. The molecule has 0 amide bonds. The maximum absolute atomic E-state index is 12.8. The Balaban J connectivity index is 3.14. The Bertz CT molecular complexity index is 689. The fourth-order valence-electron chi connectivity index (χ4n) is 4.43. The third-order valence-corrected chi connectivity index (χ3v) is 12.2. The fraction of sp³-hybridized carbons (Fsp3) is 0.731. The van der Waals surface area contributed by atoms with Gasteiger partial charge in [-0.05, 0) is 81.7 Å². The van der Waals surface area contributed by atoms with E-state index in [2.05, 4.69) is 54.3 Å². The van der Waals surface area contributed by atoms with Gasteiger partial charge in [-0.2, -0.15) is 0 Å². The molecule has 0 N–H and O–H groups in total. The number of rotatable bonds is 16. The Kier molecular flexibility index (Phi) is 12.5. The fourth-order valence-corrected chi connectivity index (χ4v) is 8.66. The van der Waals surface area contributed by atoms with Gasteiger partial charge in [0, 0.05) is 6.10 Å². The minimum atomic E-state index is -1.95. The highest BCUT2D eigenvalue weighted by Crippen LogP contribution is 2.31. The van der Waals surface area contributed by atoms with Crippen LogP contribution in [-0.2, 0) is 25.0 Å². The average molecular weight is 497 g/mol. The van der Waals surface area contributed by atoms with Gasteiger partial charge < -0.3 is 18.3 Å². The normalized spacial score (nSPS) is 16.2. The Morgan fingerprint density at radius 2 is 1.48 bits per heavy atom. The largest absolute Gasteiger partial charge is 0.497 e. The molecule has 1 aromatic rings. The smallest absolute Gasteiger partial charge is 0.192 e. The summed E-state index contributed by atoms with van der Waals surface area (Å²) in [5, 5.41) is 0. The van der Waals surface area contributed by atoms with Crippen LogP contribution in [-0.4, -0.2) is 47.8 Å². The number of ether oxygens (including phenoxy) is 2. The molecular formula is C26H48O5Si2. The summed E-state index contributed by atoms with van der Waals surface area (Å²) < 4.78 is 24.8. The summed E-state index contributed by atoms with van der Waals surface area (Å²) in [6.07, 6.45) is 0.0808. The van der Waals surface area contributed by atoms with Gasteiger partial charge in [-0.15, -0.1) is 0 Å². The molecule has 190 valence electrons. The quantitative estimate of drug-likeness (QED) is 0.235. The highest BCUT2D eigenvalue weighted by molar-refractivity contribution is 6.73. The third kappa shape index (κ3) is 10.0. The molecule has 0 aliphatic heterocycles. The van der Waals surface area contributed by atoms with E-state index >= 15 is 0 Å². The second kappa shape index (κ2) is 13.8. The standard InChI is InChI=1S/C26H48O5Si2/c1-11-33(12-2,13-3)31-25(20(4)18-21(5)30-32(8,9)10)26(22(6)27)29-19-23-14-16-24(28-7)17-15-23/h14-17,20-21,25-26H,11-13,18-19H2,1-10H3/t20-,21+,25+,26+/m1/s1. The van der Waals surface area contributed by atoms with Crippen molar-refractivity contribution in [3.63, 3.8) is 0 Å². The van der Waals surface area contributed by atoms with Crippen LogP contribution in [0.25, 0.3) is 0 Å². The lowest BCUT2D eigenvalue weighted by Gasteiger charge is -2.40. The van der Waals surface area contributed by atoms with E-state index < -0.39 is 22.7 Å². The molecule has 0 heterocycles. The second-order valence-electron chi connectivity index (χ2n) is 10.3. The summed E-state index contributed by atoms with van der Waals surface area (Å²) in [5.74, 6) is 0.959. The maximum atomic E-state index is 12.8. The van der Waals surface area contributed by atoms with Crippen molar-refractivity contribution < 1.29 is 23.1 Å². The summed E-state index contributed by atoms with van der Waals surface area (Å²) in [5.41, 5.74) is 1.01. The zero-order valence-corrected chi connectivity index (χ0v) is 24.7. The number of carbonyl (C=O) groups excluding carboxylic acids is 1. The van der Waals surface area contributed by atoms with Crippen LogP contribution in [0.3, 0.4) is 0 Å². The molecule has 0 bridgehead atoms. The van der Waals surface area contributed by atoms with Crippen molar-refractivity contribution in [3.8, 4) is 5.75 Å². The molecule has 0 saturated carbocycles. The Labute approximate surface area is 204 Å². The molecule has 0 unspecified atom stereocenters. The van der Waals surface area contributed by atoms with Gasteiger partial charge in [0.15, 0.2) is 22.4 Å². The summed E-state index contributed by atoms with van der Waals surface area (Å²) in [4.78, 5) is 12.8. The van der Waals surface area contributed by atoms with Crippen molar-refractivity contribution >= 4 is 22.4 Å². The number of Topliss-reactive ketones (excluding diaryl/α,β-unsaturated/α-hetero) is 1. The number of hydrogen-bond donors (Lipinski definition) is 0. The van der Waals surface area contributed by atoms with Crippen molar-refractivity contribution in [1.29, 1.82) is 0 Å². The molecule has 4 atom stereocenters. The van der Waals surface area contributed by atoms with Crippen molar-refractivity contribution in [2.24, 2.45) is 5.92 Å². The predicted molar refractivity (Wildman–Crippen MR) is 142 cm³/mol. The van der Waals surface area contributed by atoms with E-state index in [0.717, 1.165) is 35.9 Å². The molecule has 0 saturated heterocycles. The lowest BCUT2D eigenvalue weighted by Crippen LogP contribution is -2.50. The van der Waals surface area contributed by atoms with Crippen molar-refractivity contribution in [1.82, 2.24) is 0 Å². The Morgan fingerprint density at radius 1 is 0.939 bits per heavy atom. The first kappa shape index (κ1) is 30.0. The molecule has 0 aromatic heterocycles. The second-order valence-corrected chi connectivity index (χ2v) is 19.5. The van der Waals surface area contributed by atoms with Gasteiger partial charge >= 0.3 is 0 Å². The van der Waals surface area contributed by atoms with Crippen molar-refractivity contribution in [3.05, 3.63) is 29.8 Å². The molecule has 0 radical (unpaired) electrons. The Hall–Kier alpha value is -0.996. The minimum Gasteiger partial charge on any atom is -0.497 e. The van der Waals surface area contributed by atoms with Crippen LogP contribution in [0.1, 0.15) is 53.5 Å². The zero-order valence-electron chi connectivity index (χ0n) is 22.7. The summed E-state index contributed by atoms with van der Waals surface area (Å²) >= 11 is 0. The Morgan fingerprint density at radius 3 is 1.91 bits per heavy atom. The molecule has 1 rings (SSSR count). The van der Waals surface area contributed by atoms with Crippen molar-refractivity contribution in [2.75, 3.05) is 7.11 Å². The zero-order chi connectivity index (χ0) is 25.2. The van der Waals surface area contributed by atoms with E-state index in [1.165, 1.54) is 0 Å². The first-order valence-corrected chi connectivity index (χ1v) is 18.4. The van der Waals surface area contributed by atoms with E-state index in [9.17, 15) is 4.79 Å². The molecule has 5 nitrogen and oxygen atoms in total. The maximum Gasteiger partial charge on any atom is 0.192 e. The third-order valence-electron chi connectivity index (χ3n) is 6.43. The molecule has 33 heavy (non-hydrogen) atoms. The topological polar surface area (TPSA) is 54.0 Å². The van der Waals surface area contributed by atoms with E-state index in [-0.39, 0.29) is 23.9 Å². The summed E-state index contributed by atoms with van der Waals surface area (Å²) in [6.45, 7) is 19.6.